The Labute approximate surface area is 213 Å². The fourth-order valence-electron chi connectivity index (χ4n) is 4.13. The quantitative estimate of drug-likeness (QED) is 0.203. The fraction of sp³-hybridized carbons (Fsp3) is 0.462. The molecule has 0 unspecified atom stereocenters. The third-order valence-corrected chi connectivity index (χ3v) is 6.31. The third kappa shape index (κ3) is 7.17. The van der Waals surface area contributed by atoms with E-state index in [9.17, 15) is 14.7 Å². The molecule has 1 aromatic carbocycles. The highest BCUT2D eigenvalue weighted by Crippen LogP contribution is 2.23. The lowest BCUT2D eigenvalue weighted by molar-refractivity contribution is -0.141. The Morgan fingerprint density at radius 1 is 1.28 bits per heavy atom. The molecule has 2 rings (SSSR count). The van der Waals surface area contributed by atoms with Gasteiger partial charge in [0.15, 0.2) is 0 Å². The van der Waals surface area contributed by atoms with E-state index in [-0.39, 0.29) is 24.3 Å². The predicted octanol–water partition coefficient (Wildman–Crippen LogP) is 2.50. The van der Waals surface area contributed by atoms with Gasteiger partial charge in [0.25, 0.3) is 0 Å². The molecular formula is C26H39N7O3. The van der Waals surface area contributed by atoms with Crippen LogP contribution in [0.1, 0.15) is 57.7 Å². The molecule has 1 saturated heterocycles. The number of benzene rings is 1. The van der Waals surface area contributed by atoms with E-state index >= 15 is 0 Å². The number of likely N-dealkylation sites (tertiary alicyclic amines) is 1. The first-order valence-electron chi connectivity index (χ1n) is 12.1. The largest absolute Gasteiger partial charge is 0.405 e. The molecule has 8 N–H and O–H groups in total. The number of nitrogens with one attached hydrogen (secondary N) is 3. The molecule has 0 saturated carbocycles. The molecule has 0 spiro atoms. The summed E-state index contributed by atoms with van der Waals surface area (Å²) in [4.78, 5) is 28.1. The molecule has 0 radical (unpaired) electrons. The third-order valence-electron chi connectivity index (χ3n) is 6.31. The number of aliphatic hydroxyl groups excluding tert-OH is 1. The summed E-state index contributed by atoms with van der Waals surface area (Å²) >= 11 is 0. The molecule has 1 aliphatic rings. The van der Waals surface area contributed by atoms with Crippen molar-refractivity contribution in [3.63, 3.8) is 0 Å². The van der Waals surface area contributed by atoms with Gasteiger partial charge in [0, 0.05) is 18.4 Å². The van der Waals surface area contributed by atoms with E-state index in [1.807, 2.05) is 45.0 Å². The SMILES string of the molecule is C/C(=C/N[C@H](C(=O)N1CCC[C@H]1C(=O)N[C@@H](CO)c1ccc(/C(N)=C(C)/C=C\N)cc1)C(C)C)N=N. The number of aliphatic hydroxyl groups is 1. The van der Waals surface area contributed by atoms with Gasteiger partial charge in [-0.1, -0.05) is 38.1 Å². The molecule has 1 aliphatic heterocycles. The predicted molar refractivity (Wildman–Crippen MR) is 140 cm³/mol. The van der Waals surface area contributed by atoms with Crippen molar-refractivity contribution in [3.8, 4) is 0 Å². The molecule has 10 nitrogen and oxygen atoms in total. The van der Waals surface area contributed by atoms with Crippen LogP contribution in [0.15, 0.2) is 59.1 Å². The zero-order valence-electron chi connectivity index (χ0n) is 21.5. The Balaban J connectivity index is 2.15. The molecule has 0 aromatic heterocycles. The number of hydrogen-bond donors (Lipinski definition) is 6. The zero-order valence-corrected chi connectivity index (χ0v) is 21.5. The van der Waals surface area contributed by atoms with Crippen LogP contribution in [0.25, 0.3) is 5.70 Å². The van der Waals surface area contributed by atoms with Gasteiger partial charge in [-0.3, -0.25) is 9.59 Å². The van der Waals surface area contributed by atoms with Crippen molar-refractivity contribution >= 4 is 17.5 Å². The van der Waals surface area contributed by atoms with Gasteiger partial charge in [-0.2, -0.15) is 5.11 Å². The molecule has 3 atom stereocenters. The van der Waals surface area contributed by atoms with Crippen LogP contribution in [0.3, 0.4) is 0 Å². The minimum absolute atomic E-state index is 0.0363. The van der Waals surface area contributed by atoms with Crippen LogP contribution >= 0.6 is 0 Å². The Hall–Kier alpha value is -3.66. The first-order chi connectivity index (χ1) is 17.1. The molecular weight excluding hydrogens is 458 g/mol. The highest BCUT2D eigenvalue weighted by molar-refractivity contribution is 5.90. The van der Waals surface area contributed by atoms with E-state index in [0.29, 0.717) is 30.8 Å². The van der Waals surface area contributed by atoms with E-state index in [4.69, 9.17) is 17.0 Å². The maximum atomic E-state index is 13.3. The van der Waals surface area contributed by atoms with E-state index in [0.717, 1.165) is 16.7 Å². The van der Waals surface area contributed by atoms with Crippen molar-refractivity contribution in [2.75, 3.05) is 13.2 Å². The van der Waals surface area contributed by atoms with Gasteiger partial charge in [0.2, 0.25) is 11.8 Å². The van der Waals surface area contributed by atoms with Crippen molar-refractivity contribution < 1.29 is 14.7 Å². The van der Waals surface area contributed by atoms with Gasteiger partial charge < -0.3 is 32.1 Å². The van der Waals surface area contributed by atoms with Crippen LogP contribution in [0.2, 0.25) is 0 Å². The first kappa shape index (κ1) is 28.6. The Morgan fingerprint density at radius 3 is 2.50 bits per heavy atom. The van der Waals surface area contributed by atoms with Crippen LogP contribution in [-0.2, 0) is 9.59 Å². The standard InChI is InChI=1S/C26H39N7O3/c1-16(2)24(30-14-18(4)32-29)26(36)33-13-5-6-22(33)25(35)31-21(15-34)19-7-9-20(10-8-19)23(28)17(3)11-12-27/h7-12,14,16,21-22,24,29-30,34H,5-6,13,15,27-28H2,1-4H3,(H,31,35)/b12-11-,18-14-,23-17-,32-29?/t21-,22-,24-/m0/s1. The van der Waals surface area contributed by atoms with Gasteiger partial charge in [0.05, 0.1) is 18.3 Å². The molecule has 2 amide bonds. The highest BCUT2D eigenvalue weighted by atomic mass is 16.3. The van der Waals surface area contributed by atoms with E-state index in [1.165, 1.54) is 6.20 Å². The smallest absolute Gasteiger partial charge is 0.245 e. The van der Waals surface area contributed by atoms with Gasteiger partial charge in [-0.15, -0.1) is 0 Å². The van der Waals surface area contributed by atoms with E-state index < -0.39 is 18.1 Å². The van der Waals surface area contributed by atoms with Crippen LogP contribution in [0.5, 0.6) is 0 Å². The van der Waals surface area contributed by atoms with Crippen LogP contribution in [-0.4, -0.2) is 47.1 Å². The van der Waals surface area contributed by atoms with Gasteiger partial charge in [0.1, 0.15) is 12.1 Å². The van der Waals surface area contributed by atoms with Crippen molar-refractivity contribution in [1.29, 1.82) is 5.53 Å². The van der Waals surface area contributed by atoms with Crippen LogP contribution in [0.4, 0.5) is 0 Å². The lowest BCUT2D eigenvalue weighted by Crippen LogP contribution is -2.53. The second-order valence-electron chi connectivity index (χ2n) is 9.30. The highest BCUT2D eigenvalue weighted by Gasteiger charge is 2.38. The number of rotatable bonds is 11. The Kier molecular flexibility index (Phi) is 10.7. The fourth-order valence-corrected chi connectivity index (χ4v) is 4.13. The second kappa shape index (κ2) is 13.4. The normalized spacial score (nSPS) is 18.7. The number of nitrogens with two attached hydrogens (primary N) is 2. The summed E-state index contributed by atoms with van der Waals surface area (Å²) in [5, 5.41) is 19.3. The molecule has 36 heavy (non-hydrogen) atoms. The second-order valence-corrected chi connectivity index (χ2v) is 9.30. The van der Waals surface area contributed by atoms with Crippen LogP contribution in [0, 0.1) is 11.4 Å². The summed E-state index contributed by atoms with van der Waals surface area (Å²) in [5.74, 6) is -0.515. The molecule has 1 aromatic rings. The van der Waals surface area contributed by atoms with Crippen molar-refractivity contribution in [3.05, 3.63) is 65.1 Å². The molecule has 1 heterocycles. The first-order valence-corrected chi connectivity index (χ1v) is 12.1. The average molecular weight is 498 g/mol. The number of hydrogen-bond acceptors (Lipinski definition) is 8. The summed E-state index contributed by atoms with van der Waals surface area (Å²) in [6.07, 6.45) is 5.95. The summed E-state index contributed by atoms with van der Waals surface area (Å²) in [6.45, 7) is 7.56. The van der Waals surface area contributed by atoms with E-state index in [1.54, 1.807) is 24.1 Å². The summed E-state index contributed by atoms with van der Waals surface area (Å²) in [6, 6.07) is 5.49. The minimum atomic E-state index is -0.623. The van der Waals surface area contributed by atoms with Gasteiger partial charge in [-0.05, 0) is 61.6 Å². The molecule has 10 heteroatoms. The number of nitrogens with zero attached hydrogens (tertiary/aromatic N) is 2. The number of amides is 2. The Morgan fingerprint density at radius 2 is 1.94 bits per heavy atom. The number of allylic oxidation sites excluding steroid dienone is 3. The van der Waals surface area contributed by atoms with Gasteiger partial charge in [-0.25, -0.2) is 5.53 Å². The maximum absolute atomic E-state index is 13.3. The number of carbonyl (C=O) groups excluding carboxylic acids is 2. The van der Waals surface area contributed by atoms with Crippen molar-refractivity contribution in [2.24, 2.45) is 22.5 Å². The topological polar surface area (TPSA) is 170 Å². The average Bonchev–Trinajstić information content (AvgIpc) is 3.37. The molecule has 0 aliphatic carbocycles. The van der Waals surface area contributed by atoms with E-state index in [2.05, 4.69) is 15.7 Å². The summed E-state index contributed by atoms with van der Waals surface area (Å²) in [5.41, 5.74) is 22.1. The summed E-state index contributed by atoms with van der Waals surface area (Å²) < 4.78 is 0. The maximum Gasteiger partial charge on any atom is 0.245 e. The minimum Gasteiger partial charge on any atom is -0.405 e. The lowest BCUT2D eigenvalue weighted by Gasteiger charge is -2.31. The lowest BCUT2D eigenvalue weighted by atomic mass is 10.0. The molecule has 196 valence electrons. The van der Waals surface area contributed by atoms with Crippen LogP contribution < -0.4 is 22.1 Å². The van der Waals surface area contributed by atoms with Crippen molar-refractivity contribution in [1.82, 2.24) is 15.5 Å². The zero-order chi connectivity index (χ0) is 26.8. The van der Waals surface area contributed by atoms with Crippen molar-refractivity contribution in [2.45, 2.75) is 58.7 Å². The molecule has 0 bridgehead atoms. The van der Waals surface area contributed by atoms with Gasteiger partial charge >= 0.3 is 0 Å². The number of carbonyl (C=O) groups is 2. The molecule has 1 fully saturated rings. The summed E-state index contributed by atoms with van der Waals surface area (Å²) in [7, 11) is 0. The monoisotopic (exact) mass is 497 g/mol. The Bertz CT molecular complexity index is 1010.